The van der Waals surface area contributed by atoms with Crippen molar-refractivity contribution in [1.29, 1.82) is 0 Å². The van der Waals surface area contributed by atoms with E-state index in [9.17, 15) is 0 Å². The van der Waals surface area contributed by atoms with Gasteiger partial charge in [0, 0.05) is 13.2 Å². The van der Waals surface area contributed by atoms with E-state index in [-0.39, 0.29) is 12.1 Å². The van der Waals surface area contributed by atoms with Crippen molar-refractivity contribution < 1.29 is 4.74 Å². The Hall–Kier alpha value is -0.860. The van der Waals surface area contributed by atoms with Gasteiger partial charge in [0.1, 0.15) is 0 Å². The van der Waals surface area contributed by atoms with E-state index in [1.54, 1.807) is 0 Å². The van der Waals surface area contributed by atoms with Crippen molar-refractivity contribution in [1.82, 2.24) is 0 Å². The summed E-state index contributed by atoms with van der Waals surface area (Å²) in [5.74, 6) is 2.03. The third kappa shape index (κ3) is 2.24. The Morgan fingerprint density at radius 1 is 1.24 bits per heavy atom. The van der Waals surface area contributed by atoms with Crippen LogP contribution < -0.4 is 5.73 Å². The molecule has 3 rings (SSSR count). The SMILES string of the molecule is COC(C1CC1)C(N)C1CC1c1ccccc1. The molecule has 2 heteroatoms. The molecular weight excluding hydrogens is 210 g/mol. The first-order valence-corrected chi connectivity index (χ1v) is 6.64. The van der Waals surface area contributed by atoms with Crippen molar-refractivity contribution >= 4 is 0 Å². The standard InChI is InChI=1S/C15H21NO/c1-17-15(11-7-8-11)14(16)13-9-12(13)10-5-3-2-4-6-10/h2-6,11-15H,7-9,16H2,1H3. The molecule has 4 atom stereocenters. The fraction of sp³-hybridized carbons (Fsp3) is 0.600. The lowest BCUT2D eigenvalue weighted by Gasteiger charge is -2.22. The van der Waals surface area contributed by atoms with Crippen molar-refractivity contribution in [2.24, 2.45) is 17.6 Å². The number of ether oxygens (including phenoxy) is 1. The van der Waals surface area contributed by atoms with Crippen molar-refractivity contribution in [2.45, 2.75) is 37.3 Å². The summed E-state index contributed by atoms with van der Waals surface area (Å²) < 4.78 is 5.60. The molecule has 2 N–H and O–H groups in total. The van der Waals surface area contributed by atoms with Gasteiger partial charge in [-0.05, 0) is 42.6 Å². The summed E-state index contributed by atoms with van der Waals surface area (Å²) in [5, 5.41) is 0. The molecule has 2 fully saturated rings. The maximum absolute atomic E-state index is 6.38. The van der Waals surface area contributed by atoms with E-state index in [0.717, 1.165) is 5.92 Å². The molecule has 0 saturated heterocycles. The maximum atomic E-state index is 6.38. The van der Waals surface area contributed by atoms with Crippen LogP contribution in [-0.2, 0) is 4.74 Å². The largest absolute Gasteiger partial charge is 0.380 e. The van der Waals surface area contributed by atoms with Crippen LogP contribution in [0.1, 0.15) is 30.7 Å². The number of methoxy groups -OCH3 is 1. The first-order chi connectivity index (χ1) is 8.31. The van der Waals surface area contributed by atoms with Crippen molar-refractivity contribution in [3.8, 4) is 0 Å². The molecule has 2 aliphatic carbocycles. The molecule has 0 bridgehead atoms. The second-order valence-electron chi connectivity index (χ2n) is 5.53. The van der Waals surface area contributed by atoms with E-state index >= 15 is 0 Å². The minimum atomic E-state index is 0.220. The van der Waals surface area contributed by atoms with Crippen molar-refractivity contribution in [3.05, 3.63) is 35.9 Å². The second kappa shape index (κ2) is 4.43. The van der Waals surface area contributed by atoms with Crippen molar-refractivity contribution in [3.63, 3.8) is 0 Å². The Labute approximate surface area is 103 Å². The highest BCUT2D eigenvalue weighted by Gasteiger charge is 2.48. The van der Waals surface area contributed by atoms with E-state index < -0.39 is 0 Å². The molecule has 2 nitrogen and oxygen atoms in total. The molecular formula is C15H21NO. The first-order valence-electron chi connectivity index (χ1n) is 6.64. The normalized spacial score (nSPS) is 30.9. The smallest absolute Gasteiger partial charge is 0.0753 e. The number of nitrogens with two attached hydrogens (primary N) is 1. The lowest BCUT2D eigenvalue weighted by atomic mass is 9.99. The van der Waals surface area contributed by atoms with E-state index in [1.807, 2.05) is 7.11 Å². The molecule has 2 saturated carbocycles. The van der Waals surface area contributed by atoms with Crippen LogP contribution in [0, 0.1) is 11.8 Å². The van der Waals surface area contributed by atoms with Crippen LogP contribution in [0.4, 0.5) is 0 Å². The molecule has 1 aromatic rings. The molecule has 1 aromatic carbocycles. The van der Waals surface area contributed by atoms with Gasteiger partial charge in [0.2, 0.25) is 0 Å². The molecule has 0 heterocycles. The predicted molar refractivity (Wildman–Crippen MR) is 68.8 cm³/mol. The summed E-state index contributed by atoms with van der Waals surface area (Å²) in [6.45, 7) is 0. The quantitative estimate of drug-likeness (QED) is 0.845. The Balaban J connectivity index is 1.64. The van der Waals surface area contributed by atoms with Gasteiger partial charge in [-0.1, -0.05) is 30.3 Å². The Bertz CT molecular complexity index is 374. The van der Waals surface area contributed by atoms with Crippen LogP contribution in [-0.4, -0.2) is 19.3 Å². The fourth-order valence-electron chi connectivity index (χ4n) is 3.06. The number of benzene rings is 1. The van der Waals surface area contributed by atoms with Gasteiger partial charge in [0.05, 0.1) is 6.10 Å². The molecule has 0 aliphatic heterocycles. The Morgan fingerprint density at radius 2 is 1.94 bits per heavy atom. The van der Waals surface area contributed by atoms with Crippen LogP contribution >= 0.6 is 0 Å². The predicted octanol–water partition coefficient (Wildman–Crippen LogP) is 2.54. The molecule has 2 aliphatic rings. The maximum Gasteiger partial charge on any atom is 0.0753 e. The monoisotopic (exact) mass is 231 g/mol. The molecule has 92 valence electrons. The molecule has 0 aromatic heterocycles. The first kappa shape index (κ1) is 11.2. The molecule has 0 spiro atoms. The summed E-state index contributed by atoms with van der Waals surface area (Å²) in [5.41, 5.74) is 7.82. The Morgan fingerprint density at radius 3 is 2.53 bits per heavy atom. The highest BCUT2D eigenvalue weighted by atomic mass is 16.5. The highest BCUT2D eigenvalue weighted by molar-refractivity contribution is 5.27. The van der Waals surface area contributed by atoms with Gasteiger partial charge < -0.3 is 10.5 Å². The van der Waals surface area contributed by atoms with Crippen LogP contribution in [0.25, 0.3) is 0 Å². The van der Waals surface area contributed by atoms with Gasteiger partial charge in [-0.25, -0.2) is 0 Å². The van der Waals surface area contributed by atoms with Crippen molar-refractivity contribution in [2.75, 3.05) is 7.11 Å². The summed E-state index contributed by atoms with van der Waals surface area (Å²) >= 11 is 0. The van der Waals surface area contributed by atoms with Crippen LogP contribution in [0.3, 0.4) is 0 Å². The summed E-state index contributed by atoms with van der Waals surface area (Å²) in [6.07, 6.45) is 4.12. The average Bonchev–Trinajstić information content (AvgIpc) is 3.24. The summed E-state index contributed by atoms with van der Waals surface area (Å²) in [7, 11) is 1.81. The minimum Gasteiger partial charge on any atom is -0.380 e. The van der Waals surface area contributed by atoms with Crippen LogP contribution in [0.2, 0.25) is 0 Å². The topological polar surface area (TPSA) is 35.2 Å². The lowest BCUT2D eigenvalue weighted by Crippen LogP contribution is -2.39. The van der Waals surface area contributed by atoms with Crippen LogP contribution in [0.5, 0.6) is 0 Å². The fourth-order valence-corrected chi connectivity index (χ4v) is 3.06. The molecule has 0 amide bonds. The van der Waals surface area contributed by atoms with E-state index in [1.165, 1.54) is 24.8 Å². The van der Waals surface area contributed by atoms with E-state index in [4.69, 9.17) is 10.5 Å². The highest BCUT2D eigenvalue weighted by Crippen LogP contribution is 2.51. The minimum absolute atomic E-state index is 0.220. The third-order valence-electron chi connectivity index (χ3n) is 4.30. The number of hydrogen-bond acceptors (Lipinski definition) is 2. The van der Waals surface area contributed by atoms with Gasteiger partial charge >= 0.3 is 0 Å². The van der Waals surface area contributed by atoms with Crippen LogP contribution in [0.15, 0.2) is 30.3 Å². The average molecular weight is 231 g/mol. The van der Waals surface area contributed by atoms with Gasteiger partial charge in [-0.15, -0.1) is 0 Å². The van der Waals surface area contributed by atoms with Gasteiger partial charge in [0.15, 0.2) is 0 Å². The molecule has 17 heavy (non-hydrogen) atoms. The zero-order valence-electron chi connectivity index (χ0n) is 10.4. The number of hydrogen-bond donors (Lipinski definition) is 1. The zero-order valence-corrected chi connectivity index (χ0v) is 10.4. The van der Waals surface area contributed by atoms with E-state index in [2.05, 4.69) is 30.3 Å². The number of rotatable bonds is 5. The third-order valence-corrected chi connectivity index (χ3v) is 4.30. The van der Waals surface area contributed by atoms with Gasteiger partial charge in [-0.3, -0.25) is 0 Å². The van der Waals surface area contributed by atoms with E-state index in [0.29, 0.717) is 11.8 Å². The molecule has 0 radical (unpaired) electrons. The Kier molecular flexibility index (Phi) is 2.93. The summed E-state index contributed by atoms with van der Waals surface area (Å²) in [4.78, 5) is 0. The second-order valence-corrected chi connectivity index (χ2v) is 5.53. The lowest BCUT2D eigenvalue weighted by molar-refractivity contribution is 0.0559. The van der Waals surface area contributed by atoms with Gasteiger partial charge in [-0.2, -0.15) is 0 Å². The summed E-state index contributed by atoms with van der Waals surface area (Å²) in [6, 6.07) is 11.0. The molecule has 4 unspecified atom stereocenters. The van der Waals surface area contributed by atoms with Gasteiger partial charge in [0.25, 0.3) is 0 Å². The zero-order chi connectivity index (χ0) is 11.8.